The van der Waals surface area contributed by atoms with E-state index >= 15 is 0 Å². The number of nitrogens with two attached hydrogens (primary N) is 1. The number of carbonyl (C=O) groups excluding carboxylic acids is 1. The molecule has 1 rings (SSSR count). The first-order valence-corrected chi connectivity index (χ1v) is 4.79. The van der Waals surface area contributed by atoms with Crippen LogP contribution in [0.3, 0.4) is 0 Å². The zero-order valence-electron chi connectivity index (χ0n) is 7.32. The molecule has 0 fully saturated rings. The van der Waals surface area contributed by atoms with E-state index in [0.717, 1.165) is 4.88 Å². The Morgan fingerprint density at radius 2 is 2.54 bits per heavy atom. The lowest BCUT2D eigenvalue weighted by Gasteiger charge is -1.97. The molecule has 70 valence electrons. The van der Waals surface area contributed by atoms with Crippen LogP contribution >= 0.6 is 11.3 Å². The zero-order chi connectivity index (χ0) is 9.68. The lowest BCUT2D eigenvalue weighted by Crippen LogP contribution is -2.04. The van der Waals surface area contributed by atoms with E-state index < -0.39 is 5.97 Å². The van der Waals surface area contributed by atoms with Crippen LogP contribution in [0, 0.1) is 0 Å². The Balaban J connectivity index is 2.67. The normalized spacial score (nSPS) is 11.3. The van der Waals surface area contributed by atoms with Gasteiger partial charge in [0.25, 0.3) is 0 Å². The summed E-state index contributed by atoms with van der Waals surface area (Å²) in [6.45, 7) is 2.13. The smallest absolute Gasteiger partial charge is 0.332 e. The van der Waals surface area contributed by atoms with Gasteiger partial charge in [-0.25, -0.2) is 4.79 Å². The lowest BCUT2D eigenvalue weighted by atomic mass is 10.3. The molecule has 0 radical (unpaired) electrons. The number of ether oxygens (including phenoxy) is 1. The van der Waals surface area contributed by atoms with Gasteiger partial charge in [0.05, 0.1) is 17.2 Å². The molecule has 0 aliphatic heterocycles. The van der Waals surface area contributed by atoms with Crippen molar-refractivity contribution in [3.63, 3.8) is 0 Å². The Kier molecular flexibility index (Phi) is 3.52. The van der Waals surface area contributed by atoms with Gasteiger partial charge in [0.15, 0.2) is 0 Å². The fraction of sp³-hybridized carbons (Fsp3) is 0.222. The highest BCUT2D eigenvalue weighted by atomic mass is 32.1. The number of hydrogen-bond donors (Lipinski definition) is 1. The lowest BCUT2D eigenvalue weighted by molar-refractivity contribution is -0.137. The first-order valence-electron chi connectivity index (χ1n) is 3.92. The third-order valence-electron chi connectivity index (χ3n) is 1.37. The van der Waals surface area contributed by atoms with Crippen molar-refractivity contribution in [3.05, 3.63) is 28.5 Å². The summed E-state index contributed by atoms with van der Waals surface area (Å²) in [5.74, 6) is -0.395. The highest BCUT2D eigenvalue weighted by Crippen LogP contribution is 2.15. The van der Waals surface area contributed by atoms with Crippen LogP contribution in [-0.4, -0.2) is 12.6 Å². The van der Waals surface area contributed by atoms with Crippen molar-refractivity contribution in [2.75, 3.05) is 6.61 Å². The Morgan fingerprint density at radius 1 is 1.77 bits per heavy atom. The topological polar surface area (TPSA) is 52.3 Å². The number of thiophene rings is 1. The summed E-state index contributed by atoms with van der Waals surface area (Å²) in [5.41, 5.74) is 6.09. The van der Waals surface area contributed by atoms with Crippen LogP contribution in [0.1, 0.15) is 11.8 Å². The number of carbonyl (C=O) groups is 1. The molecular formula is C9H11NO2S. The first-order chi connectivity index (χ1) is 6.24. The number of rotatable bonds is 3. The minimum absolute atomic E-state index is 0.368. The maximum Gasteiger partial charge on any atom is 0.332 e. The molecule has 4 heteroatoms. The average Bonchev–Trinajstić information content (AvgIpc) is 2.55. The van der Waals surface area contributed by atoms with Crippen LogP contribution in [0.25, 0.3) is 5.70 Å². The number of esters is 1. The predicted molar refractivity (Wildman–Crippen MR) is 53.1 cm³/mol. The van der Waals surface area contributed by atoms with Gasteiger partial charge >= 0.3 is 5.97 Å². The van der Waals surface area contributed by atoms with Gasteiger partial charge < -0.3 is 10.5 Å². The van der Waals surface area contributed by atoms with E-state index in [-0.39, 0.29) is 0 Å². The SMILES string of the molecule is CCOC(=O)C=C(N)c1cccs1. The van der Waals surface area contributed by atoms with E-state index in [9.17, 15) is 4.79 Å². The molecular weight excluding hydrogens is 186 g/mol. The van der Waals surface area contributed by atoms with Crippen LogP contribution in [0.2, 0.25) is 0 Å². The maximum absolute atomic E-state index is 11.0. The summed E-state index contributed by atoms with van der Waals surface area (Å²) in [4.78, 5) is 11.9. The molecule has 0 saturated heterocycles. The Hall–Kier alpha value is -1.29. The second-order valence-electron chi connectivity index (χ2n) is 2.33. The van der Waals surface area contributed by atoms with Crippen LogP contribution in [0.4, 0.5) is 0 Å². The quantitative estimate of drug-likeness (QED) is 0.591. The predicted octanol–water partition coefficient (Wildman–Crippen LogP) is 1.61. The highest BCUT2D eigenvalue weighted by Gasteiger charge is 2.01. The van der Waals surface area contributed by atoms with Gasteiger partial charge in [-0.15, -0.1) is 11.3 Å². The van der Waals surface area contributed by atoms with Crippen molar-refractivity contribution in [3.8, 4) is 0 Å². The maximum atomic E-state index is 11.0. The van der Waals surface area contributed by atoms with E-state index in [0.29, 0.717) is 12.3 Å². The van der Waals surface area contributed by atoms with Crippen molar-refractivity contribution in [2.24, 2.45) is 5.73 Å². The summed E-state index contributed by atoms with van der Waals surface area (Å²) in [5, 5.41) is 1.90. The Morgan fingerprint density at radius 3 is 3.08 bits per heavy atom. The molecule has 0 aromatic carbocycles. The van der Waals surface area contributed by atoms with Gasteiger partial charge in [-0.05, 0) is 18.4 Å². The summed E-state index contributed by atoms with van der Waals surface area (Å²) >= 11 is 1.49. The van der Waals surface area contributed by atoms with Gasteiger partial charge in [0.2, 0.25) is 0 Å². The molecule has 0 spiro atoms. The summed E-state index contributed by atoms with van der Waals surface area (Å²) < 4.78 is 4.72. The van der Waals surface area contributed by atoms with Crippen molar-refractivity contribution in [1.82, 2.24) is 0 Å². The molecule has 2 N–H and O–H groups in total. The molecule has 0 saturated carbocycles. The van der Waals surface area contributed by atoms with E-state index in [4.69, 9.17) is 10.5 Å². The van der Waals surface area contributed by atoms with Gasteiger partial charge in [0, 0.05) is 6.08 Å². The third-order valence-corrected chi connectivity index (χ3v) is 2.28. The molecule has 0 unspecified atom stereocenters. The number of hydrogen-bond acceptors (Lipinski definition) is 4. The largest absolute Gasteiger partial charge is 0.463 e. The van der Waals surface area contributed by atoms with Gasteiger partial charge in [-0.2, -0.15) is 0 Å². The Labute approximate surface area is 80.8 Å². The molecule has 1 heterocycles. The monoisotopic (exact) mass is 197 g/mol. The van der Waals surface area contributed by atoms with Crippen LogP contribution in [0.5, 0.6) is 0 Å². The molecule has 0 atom stereocenters. The molecule has 1 aromatic rings. The van der Waals surface area contributed by atoms with Crippen molar-refractivity contribution in [1.29, 1.82) is 0 Å². The van der Waals surface area contributed by atoms with Crippen molar-refractivity contribution >= 4 is 23.0 Å². The van der Waals surface area contributed by atoms with E-state index in [1.54, 1.807) is 6.92 Å². The van der Waals surface area contributed by atoms with Crippen molar-refractivity contribution < 1.29 is 9.53 Å². The van der Waals surface area contributed by atoms with Gasteiger partial charge in [-0.1, -0.05) is 6.07 Å². The summed E-state index contributed by atoms with van der Waals surface area (Å²) in [6, 6.07) is 3.74. The first kappa shape index (κ1) is 9.80. The average molecular weight is 197 g/mol. The molecule has 13 heavy (non-hydrogen) atoms. The van der Waals surface area contributed by atoms with E-state index in [2.05, 4.69) is 0 Å². The van der Waals surface area contributed by atoms with E-state index in [1.807, 2.05) is 17.5 Å². The van der Waals surface area contributed by atoms with Crippen LogP contribution < -0.4 is 5.73 Å². The third kappa shape index (κ3) is 2.91. The molecule has 3 nitrogen and oxygen atoms in total. The zero-order valence-corrected chi connectivity index (χ0v) is 8.14. The fourth-order valence-corrected chi connectivity index (χ4v) is 1.48. The van der Waals surface area contributed by atoms with Crippen LogP contribution in [0.15, 0.2) is 23.6 Å². The van der Waals surface area contributed by atoms with E-state index in [1.165, 1.54) is 17.4 Å². The molecule has 0 amide bonds. The molecule has 1 aromatic heterocycles. The van der Waals surface area contributed by atoms with Gasteiger partial charge in [-0.3, -0.25) is 0 Å². The molecule has 0 aliphatic carbocycles. The second-order valence-corrected chi connectivity index (χ2v) is 3.28. The summed E-state index contributed by atoms with van der Waals surface area (Å²) in [7, 11) is 0. The standard InChI is InChI=1S/C9H11NO2S/c1-2-12-9(11)6-7(10)8-4-3-5-13-8/h3-6H,2,10H2,1H3. The highest BCUT2D eigenvalue weighted by molar-refractivity contribution is 7.11. The van der Waals surface area contributed by atoms with Crippen LogP contribution in [-0.2, 0) is 9.53 Å². The Bertz CT molecular complexity index is 303. The second kappa shape index (κ2) is 4.67. The summed E-state index contributed by atoms with van der Waals surface area (Å²) in [6.07, 6.45) is 1.30. The molecule has 0 aliphatic rings. The van der Waals surface area contributed by atoms with Gasteiger partial charge in [0.1, 0.15) is 0 Å². The fourth-order valence-electron chi connectivity index (χ4n) is 0.825. The molecule has 0 bridgehead atoms. The minimum atomic E-state index is -0.395. The van der Waals surface area contributed by atoms with Crippen molar-refractivity contribution in [2.45, 2.75) is 6.92 Å². The minimum Gasteiger partial charge on any atom is -0.463 e.